The molecule has 1 aromatic heterocycles. The molecule has 0 saturated carbocycles. The van der Waals surface area contributed by atoms with Crippen LogP contribution in [0.1, 0.15) is 17.4 Å². The molecule has 0 N–H and O–H groups in total. The van der Waals surface area contributed by atoms with Gasteiger partial charge in [0.25, 0.3) is 0 Å². The van der Waals surface area contributed by atoms with Crippen molar-refractivity contribution in [2.75, 3.05) is 0 Å². The number of hydrogen-bond acceptors (Lipinski definition) is 1. The van der Waals surface area contributed by atoms with Gasteiger partial charge in [0.05, 0.1) is 5.69 Å². The van der Waals surface area contributed by atoms with Crippen LogP contribution in [-0.4, -0.2) is 4.57 Å². The first kappa shape index (κ1) is 15.0. The Balaban J connectivity index is 1.77. The Kier molecular flexibility index (Phi) is 3.42. The van der Waals surface area contributed by atoms with Crippen molar-refractivity contribution in [3.63, 3.8) is 0 Å². The van der Waals surface area contributed by atoms with Gasteiger partial charge >= 0.3 is 0 Å². The molecule has 1 aliphatic rings. The van der Waals surface area contributed by atoms with Crippen LogP contribution in [0.25, 0.3) is 22.4 Å². The normalized spacial score (nSPS) is 15.0. The minimum absolute atomic E-state index is 0.108. The predicted octanol–water partition coefficient (Wildman–Crippen LogP) is 5.84. The molecule has 4 aromatic rings. The van der Waals surface area contributed by atoms with Crippen molar-refractivity contribution in [1.82, 2.24) is 4.57 Å². The van der Waals surface area contributed by atoms with Crippen molar-refractivity contribution >= 4 is 0 Å². The molecule has 1 atom stereocenters. The van der Waals surface area contributed by atoms with Gasteiger partial charge in [-0.1, -0.05) is 78.9 Å². The summed E-state index contributed by atoms with van der Waals surface area (Å²) in [6, 6.07) is 31.6. The van der Waals surface area contributed by atoms with Gasteiger partial charge in [-0.15, -0.1) is 0 Å². The lowest BCUT2D eigenvalue weighted by molar-refractivity contribution is 0.235. The third kappa shape index (κ3) is 2.26. The molecule has 0 spiro atoms. The second kappa shape index (κ2) is 5.92. The Labute approximate surface area is 153 Å². The molecular weight excluding hydrogens is 318 g/mol. The van der Waals surface area contributed by atoms with Crippen LogP contribution in [0.4, 0.5) is 0 Å². The van der Waals surface area contributed by atoms with Crippen LogP contribution in [0.5, 0.6) is 5.75 Å². The summed E-state index contributed by atoms with van der Waals surface area (Å²) >= 11 is 0. The molecular formula is C24H19NO. The number of rotatable bonds is 2. The van der Waals surface area contributed by atoms with Gasteiger partial charge < -0.3 is 9.30 Å². The van der Waals surface area contributed by atoms with Gasteiger partial charge in [-0.25, -0.2) is 0 Å². The molecule has 5 rings (SSSR count). The van der Waals surface area contributed by atoms with E-state index in [1.807, 2.05) is 12.1 Å². The summed E-state index contributed by atoms with van der Waals surface area (Å²) in [5.74, 6) is 0.944. The Morgan fingerprint density at radius 3 is 2.15 bits per heavy atom. The topological polar surface area (TPSA) is 14.2 Å². The average molecular weight is 337 g/mol. The standard InChI is InChI=1S/C24H19NO/c1-25-21(17-10-4-2-5-11-17)16-20-19-14-8-9-15-22(19)26-24(23(20)25)18-12-6-3-7-13-18/h2-16,24H,1H3/t24-/m1/s1. The molecule has 0 aliphatic carbocycles. The highest BCUT2D eigenvalue weighted by Gasteiger charge is 2.31. The second-order valence-corrected chi connectivity index (χ2v) is 6.66. The van der Waals surface area contributed by atoms with Crippen LogP contribution in [-0.2, 0) is 7.05 Å². The summed E-state index contributed by atoms with van der Waals surface area (Å²) in [5.41, 5.74) is 7.21. The first-order valence-corrected chi connectivity index (χ1v) is 8.89. The number of aromatic nitrogens is 1. The van der Waals surface area contributed by atoms with Crippen molar-refractivity contribution in [2.45, 2.75) is 6.10 Å². The Hall–Kier alpha value is -3.26. The van der Waals surface area contributed by atoms with Crippen LogP contribution in [0.15, 0.2) is 91.0 Å². The SMILES string of the molecule is Cn1c(-c2ccccc2)cc2c1[C@@H](c1ccccc1)Oc1ccccc1-2. The van der Waals surface area contributed by atoms with E-state index in [4.69, 9.17) is 4.74 Å². The van der Waals surface area contributed by atoms with Crippen molar-refractivity contribution in [3.05, 3.63) is 102 Å². The summed E-state index contributed by atoms with van der Waals surface area (Å²) in [4.78, 5) is 0. The lowest BCUT2D eigenvalue weighted by Gasteiger charge is -2.28. The van der Waals surface area contributed by atoms with Crippen LogP contribution in [0, 0.1) is 0 Å². The molecule has 3 aromatic carbocycles. The monoisotopic (exact) mass is 337 g/mol. The molecule has 126 valence electrons. The van der Waals surface area contributed by atoms with Gasteiger partial charge in [-0.2, -0.15) is 0 Å². The zero-order valence-electron chi connectivity index (χ0n) is 14.6. The number of ether oxygens (including phenoxy) is 1. The molecule has 0 fully saturated rings. The predicted molar refractivity (Wildman–Crippen MR) is 105 cm³/mol. The highest BCUT2D eigenvalue weighted by Crippen LogP contribution is 2.47. The van der Waals surface area contributed by atoms with Gasteiger partial charge in [0, 0.05) is 23.9 Å². The number of hydrogen-bond donors (Lipinski definition) is 0. The fourth-order valence-corrected chi connectivity index (χ4v) is 3.87. The molecule has 0 bridgehead atoms. The summed E-state index contributed by atoms with van der Waals surface area (Å²) in [7, 11) is 2.13. The van der Waals surface area contributed by atoms with E-state index in [2.05, 4.69) is 90.5 Å². The van der Waals surface area contributed by atoms with E-state index in [-0.39, 0.29) is 6.10 Å². The lowest BCUT2D eigenvalue weighted by atomic mass is 9.95. The van der Waals surface area contributed by atoms with Crippen molar-refractivity contribution in [1.29, 1.82) is 0 Å². The number of benzene rings is 3. The fraction of sp³-hybridized carbons (Fsp3) is 0.0833. The maximum Gasteiger partial charge on any atom is 0.164 e. The number of para-hydroxylation sites is 1. The Morgan fingerprint density at radius 1 is 0.731 bits per heavy atom. The highest BCUT2D eigenvalue weighted by atomic mass is 16.5. The summed E-state index contributed by atoms with van der Waals surface area (Å²) in [6.45, 7) is 0. The molecule has 0 unspecified atom stereocenters. The maximum atomic E-state index is 6.45. The Bertz CT molecular complexity index is 1060. The minimum atomic E-state index is -0.108. The van der Waals surface area contributed by atoms with Crippen LogP contribution in [0.2, 0.25) is 0 Å². The van der Waals surface area contributed by atoms with Gasteiger partial charge in [0.15, 0.2) is 6.10 Å². The van der Waals surface area contributed by atoms with E-state index < -0.39 is 0 Å². The number of nitrogens with zero attached hydrogens (tertiary/aromatic N) is 1. The first-order chi connectivity index (χ1) is 12.8. The first-order valence-electron chi connectivity index (χ1n) is 8.89. The molecule has 1 aliphatic heterocycles. The maximum absolute atomic E-state index is 6.45. The van der Waals surface area contributed by atoms with E-state index >= 15 is 0 Å². The zero-order chi connectivity index (χ0) is 17.5. The van der Waals surface area contributed by atoms with E-state index in [9.17, 15) is 0 Å². The van der Waals surface area contributed by atoms with Crippen LogP contribution in [0.3, 0.4) is 0 Å². The third-order valence-corrected chi connectivity index (χ3v) is 5.12. The van der Waals surface area contributed by atoms with Crippen molar-refractivity contribution in [3.8, 4) is 28.1 Å². The van der Waals surface area contributed by atoms with E-state index in [0.717, 1.165) is 11.3 Å². The zero-order valence-corrected chi connectivity index (χ0v) is 14.6. The summed E-state index contributed by atoms with van der Waals surface area (Å²) < 4.78 is 8.73. The van der Waals surface area contributed by atoms with Gasteiger partial charge in [0.1, 0.15) is 5.75 Å². The number of fused-ring (bicyclic) bond motifs is 3. The van der Waals surface area contributed by atoms with Gasteiger partial charge in [-0.3, -0.25) is 0 Å². The van der Waals surface area contributed by atoms with E-state index in [0.29, 0.717) is 0 Å². The summed E-state index contributed by atoms with van der Waals surface area (Å²) in [5, 5.41) is 0. The highest BCUT2D eigenvalue weighted by molar-refractivity contribution is 5.81. The van der Waals surface area contributed by atoms with Crippen molar-refractivity contribution in [2.24, 2.45) is 7.05 Å². The molecule has 26 heavy (non-hydrogen) atoms. The van der Waals surface area contributed by atoms with Crippen molar-refractivity contribution < 1.29 is 4.74 Å². The van der Waals surface area contributed by atoms with Gasteiger partial charge in [0.2, 0.25) is 0 Å². The molecule has 2 heterocycles. The Morgan fingerprint density at radius 2 is 1.38 bits per heavy atom. The van der Waals surface area contributed by atoms with Gasteiger partial charge in [-0.05, 0) is 23.3 Å². The molecule has 0 saturated heterocycles. The molecule has 2 nitrogen and oxygen atoms in total. The van der Waals surface area contributed by atoms with E-state index in [1.54, 1.807) is 0 Å². The van der Waals surface area contributed by atoms with Crippen LogP contribution < -0.4 is 4.74 Å². The smallest absolute Gasteiger partial charge is 0.164 e. The van der Waals surface area contributed by atoms with Crippen LogP contribution >= 0.6 is 0 Å². The molecule has 2 heteroatoms. The lowest BCUT2D eigenvalue weighted by Crippen LogP contribution is -2.18. The largest absolute Gasteiger partial charge is 0.479 e. The third-order valence-electron chi connectivity index (χ3n) is 5.12. The molecule has 0 radical (unpaired) electrons. The fourth-order valence-electron chi connectivity index (χ4n) is 3.87. The second-order valence-electron chi connectivity index (χ2n) is 6.66. The summed E-state index contributed by atoms with van der Waals surface area (Å²) in [6.07, 6.45) is -0.108. The average Bonchev–Trinajstić information content (AvgIpc) is 3.06. The van der Waals surface area contributed by atoms with E-state index in [1.165, 1.54) is 28.1 Å². The minimum Gasteiger partial charge on any atom is -0.479 e. The molecule has 0 amide bonds. The quantitative estimate of drug-likeness (QED) is 0.448.